The number of thioether (sulfide) groups is 2. The Kier molecular flexibility index (Phi) is 8.10. The van der Waals surface area contributed by atoms with Crippen LogP contribution in [-0.4, -0.2) is 39.9 Å². The summed E-state index contributed by atoms with van der Waals surface area (Å²) in [6.45, 7) is 2.85. The first kappa shape index (κ1) is 23.1. The second kappa shape index (κ2) is 11.2. The van der Waals surface area contributed by atoms with Gasteiger partial charge in [-0.15, -0.1) is 10.2 Å². The van der Waals surface area contributed by atoms with E-state index in [2.05, 4.69) is 41.4 Å². The molecule has 1 fully saturated rings. The Morgan fingerprint density at radius 2 is 1.75 bits per heavy atom. The lowest BCUT2D eigenvalue weighted by atomic mass is 10.1. The normalized spacial score (nSPS) is 14.2. The predicted octanol–water partition coefficient (Wildman–Crippen LogP) is 5.76. The van der Waals surface area contributed by atoms with Gasteiger partial charge in [-0.25, -0.2) is 0 Å². The van der Waals surface area contributed by atoms with Crippen LogP contribution in [-0.2, 0) is 17.1 Å². The minimum Gasteiger partial charge on any atom is -0.497 e. The third-order valence-corrected chi connectivity index (χ3v) is 8.79. The van der Waals surface area contributed by atoms with Crippen molar-refractivity contribution in [3.63, 3.8) is 0 Å². The van der Waals surface area contributed by atoms with E-state index in [1.807, 2.05) is 35.2 Å². The van der Waals surface area contributed by atoms with E-state index < -0.39 is 0 Å². The van der Waals surface area contributed by atoms with Crippen LogP contribution in [0, 0.1) is 5.92 Å². The number of carbonyl (C=O) groups excluding carboxylic acids is 1. The highest BCUT2D eigenvalue weighted by atomic mass is 32.2. The van der Waals surface area contributed by atoms with Crippen LogP contribution in [0.3, 0.4) is 0 Å². The third kappa shape index (κ3) is 6.49. The quantitative estimate of drug-likeness (QED) is 0.322. The molecule has 1 aromatic heterocycles. The number of benzene rings is 2. The molecule has 0 saturated heterocycles. The molecule has 1 saturated carbocycles. The van der Waals surface area contributed by atoms with Crippen molar-refractivity contribution in [3.05, 3.63) is 65.7 Å². The summed E-state index contributed by atoms with van der Waals surface area (Å²) in [6.07, 6.45) is 2.44. The van der Waals surface area contributed by atoms with Crippen LogP contribution >= 0.6 is 34.9 Å². The number of aromatic nitrogens is 2. The molecule has 1 unspecified atom stereocenters. The zero-order valence-corrected chi connectivity index (χ0v) is 20.7. The van der Waals surface area contributed by atoms with Gasteiger partial charge >= 0.3 is 0 Å². The monoisotopic (exact) mass is 485 g/mol. The molecular formula is C24H27N3O2S3. The molecule has 1 atom stereocenters. The Balaban J connectivity index is 1.30. The molecule has 1 aliphatic rings. The molecule has 168 valence electrons. The Hall–Kier alpha value is -2.03. The zero-order valence-electron chi connectivity index (χ0n) is 18.3. The number of hydrogen-bond donors (Lipinski definition) is 0. The van der Waals surface area contributed by atoms with E-state index in [-0.39, 0.29) is 11.9 Å². The number of ether oxygens (including phenoxy) is 1. The second-order valence-corrected chi connectivity index (χ2v) is 11.3. The summed E-state index contributed by atoms with van der Waals surface area (Å²) < 4.78 is 6.96. The van der Waals surface area contributed by atoms with Crippen LogP contribution in [0.25, 0.3) is 0 Å². The first-order valence-electron chi connectivity index (χ1n) is 10.7. The van der Waals surface area contributed by atoms with Crippen LogP contribution in [0.5, 0.6) is 5.75 Å². The van der Waals surface area contributed by atoms with Crippen LogP contribution in [0.1, 0.15) is 30.9 Å². The maximum atomic E-state index is 13.1. The van der Waals surface area contributed by atoms with Gasteiger partial charge in [-0.1, -0.05) is 77.3 Å². The molecule has 0 bridgehead atoms. The second-order valence-electron chi connectivity index (χ2n) is 7.84. The van der Waals surface area contributed by atoms with Crippen molar-refractivity contribution in [2.75, 3.05) is 12.9 Å². The number of hydrogen-bond acceptors (Lipinski definition) is 7. The van der Waals surface area contributed by atoms with Crippen molar-refractivity contribution in [3.8, 4) is 5.75 Å². The van der Waals surface area contributed by atoms with Crippen molar-refractivity contribution in [2.45, 2.75) is 46.8 Å². The minimum absolute atomic E-state index is 0.167. The molecule has 3 aromatic rings. The largest absolute Gasteiger partial charge is 0.497 e. The van der Waals surface area contributed by atoms with E-state index in [9.17, 15) is 4.79 Å². The maximum absolute atomic E-state index is 13.1. The van der Waals surface area contributed by atoms with Gasteiger partial charge in [0, 0.05) is 18.3 Å². The molecule has 0 aliphatic heterocycles. The Morgan fingerprint density at radius 1 is 1.06 bits per heavy atom. The molecule has 0 radical (unpaired) electrons. The molecule has 0 spiro atoms. The van der Waals surface area contributed by atoms with Gasteiger partial charge in [-0.05, 0) is 48.9 Å². The van der Waals surface area contributed by atoms with Gasteiger partial charge in [-0.3, -0.25) is 4.79 Å². The lowest BCUT2D eigenvalue weighted by molar-refractivity contribution is -0.131. The molecule has 2 aromatic carbocycles. The summed E-state index contributed by atoms with van der Waals surface area (Å²) in [7, 11) is 1.67. The van der Waals surface area contributed by atoms with Crippen molar-refractivity contribution in [2.24, 2.45) is 5.92 Å². The summed E-state index contributed by atoms with van der Waals surface area (Å²) in [6, 6.07) is 18.6. The van der Waals surface area contributed by atoms with E-state index in [0.717, 1.165) is 20.2 Å². The third-order valence-electron chi connectivity index (χ3n) is 5.54. The van der Waals surface area contributed by atoms with Crippen molar-refractivity contribution < 1.29 is 9.53 Å². The van der Waals surface area contributed by atoms with E-state index in [0.29, 0.717) is 18.2 Å². The molecule has 32 heavy (non-hydrogen) atoms. The lowest BCUT2D eigenvalue weighted by Gasteiger charge is -2.29. The minimum atomic E-state index is 0.167. The highest BCUT2D eigenvalue weighted by Gasteiger charge is 2.34. The molecule has 1 amide bonds. The first-order chi connectivity index (χ1) is 15.6. The van der Waals surface area contributed by atoms with Crippen LogP contribution in [0.15, 0.2) is 63.3 Å². The molecule has 1 heterocycles. The van der Waals surface area contributed by atoms with Crippen molar-refractivity contribution in [1.82, 2.24) is 15.1 Å². The Morgan fingerprint density at radius 3 is 2.41 bits per heavy atom. The van der Waals surface area contributed by atoms with Crippen LogP contribution in [0.2, 0.25) is 0 Å². The Labute approximate surface area is 202 Å². The molecule has 4 rings (SSSR count). The zero-order chi connectivity index (χ0) is 22.3. The smallest absolute Gasteiger partial charge is 0.233 e. The summed E-state index contributed by atoms with van der Waals surface area (Å²) in [5.41, 5.74) is 2.38. The number of nitrogens with zero attached hydrogens (tertiary/aromatic N) is 3. The van der Waals surface area contributed by atoms with Gasteiger partial charge in [-0.2, -0.15) is 0 Å². The van der Waals surface area contributed by atoms with Crippen molar-refractivity contribution in [1.29, 1.82) is 0 Å². The molecule has 0 N–H and O–H groups in total. The fraction of sp³-hybridized carbons (Fsp3) is 0.375. The van der Waals surface area contributed by atoms with Gasteiger partial charge in [0.05, 0.1) is 12.9 Å². The standard InChI is InChI=1S/C24H27N3O2S3/c1-17(20-10-11-20)27(14-18-6-4-3-5-7-18)22(28)16-31-24-26-25-23(32-24)30-15-19-8-12-21(29-2)13-9-19/h3-9,12-13,17,20H,10-11,14-16H2,1-2H3. The number of amides is 1. The van der Waals surface area contributed by atoms with Gasteiger partial charge < -0.3 is 9.64 Å². The summed E-state index contributed by atoms with van der Waals surface area (Å²) in [5.74, 6) is 2.87. The number of rotatable bonds is 11. The van der Waals surface area contributed by atoms with Gasteiger partial charge in [0.15, 0.2) is 8.68 Å². The number of carbonyl (C=O) groups is 1. The van der Waals surface area contributed by atoms with E-state index in [1.54, 1.807) is 30.2 Å². The molecule has 1 aliphatic carbocycles. The topological polar surface area (TPSA) is 55.3 Å². The van der Waals surface area contributed by atoms with E-state index in [4.69, 9.17) is 4.74 Å². The van der Waals surface area contributed by atoms with Gasteiger partial charge in [0.2, 0.25) is 5.91 Å². The predicted molar refractivity (Wildman–Crippen MR) is 132 cm³/mol. The van der Waals surface area contributed by atoms with E-state index in [1.165, 1.54) is 35.7 Å². The lowest BCUT2D eigenvalue weighted by Crippen LogP contribution is -2.40. The van der Waals surface area contributed by atoms with E-state index >= 15 is 0 Å². The maximum Gasteiger partial charge on any atom is 0.233 e. The highest BCUT2D eigenvalue weighted by Crippen LogP contribution is 2.36. The summed E-state index contributed by atoms with van der Waals surface area (Å²) >= 11 is 4.70. The Bertz CT molecular complexity index is 1010. The summed E-state index contributed by atoms with van der Waals surface area (Å²) in [4.78, 5) is 15.2. The average Bonchev–Trinajstić information content (AvgIpc) is 3.59. The SMILES string of the molecule is COc1ccc(CSc2nnc(SCC(=O)N(Cc3ccccc3)C(C)C3CC3)s2)cc1. The highest BCUT2D eigenvalue weighted by molar-refractivity contribution is 8.03. The number of methoxy groups -OCH3 is 1. The molecular weight excluding hydrogens is 458 g/mol. The summed E-state index contributed by atoms with van der Waals surface area (Å²) in [5, 5.41) is 8.57. The van der Waals surface area contributed by atoms with Crippen LogP contribution < -0.4 is 4.74 Å². The molecule has 8 heteroatoms. The fourth-order valence-corrected chi connectivity index (χ4v) is 6.32. The van der Waals surface area contributed by atoms with Crippen molar-refractivity contribution >= 4 is 40.8 Å². The van der Waals surface area contributed by atoms with Gasteiger partial charge in [0.25, 0.3) is 0 Å². The van der Waals surface area contributed by atoms with Crippen LogP contribution in [0.4, 0.5) is 0 Å². The fourth-order valence-electron chi connectivity index (χ4n) is 3.46. The average molecular weight is 486 g/mol. The van der Waals surface area contributed by atoms with Gasteiger partial charge in [0.1, 0.15) is 5.75 Å². The molecule has 5 nitrogen and oxygen atoms in total. The first-order valence-corrected chi connectivity index (χ1v) is 13.5.